The topological polar surface area (TPSA) is 85.7 Å². The maximum Gasteiger partial charge on any atom is 0.410 e. The van der Waals surface area contributed by atoms with Crippen molar-refractivity contribution in [2.24, 2.45) is 0 Å². The van der Waals surface area contributed by atoms with Crippen molar-refractivity contribution in [1.82, 2.24) is 15.1 Å². The molecule has 7 heteroatoms. The number of carbonyl (C=O) groups excluding carboxylic acids is 2. The molecular weight excluding hydrogens is 332 g/mol. The molecule has 1 fully saturated rings. The fraction of sp³-hybridized carbons (Fsp3) is 0.526. The van der Waals surface area contributed by atoms with Crippen LogP contribution in [-0.2, 0) is 4.74 Å². The van der Waals surface area contributed by atoms with E-state index in [9.17, 15) is 9.59 Å². The van der Waals surface area contributed by atoms with Crippen molar-refractivity contribution in [3.63, 3.8) is 0 Å². The smallest absolute Gasteiger partial charge is 0.410 e. The first-order valence-electron chi connectivity index (χ1n) is 8.77. The summed E-state index contributed by atoms with van der Waals surface area (Å²) in [7, 11) is 0. The largest absolute Gasteiger partial charge is 0.444 e. The van der Waals surface area contributed by atoms with Crippen molar-refractivity contribution < 1.29 is 14.3 Å². The highest BCUT2D eigenvalue weighted by Crippen LogP contribution is 2.11. The molecule has 7 nitrogen and oxygen atoms in total. The zero-order valence-corrected chi connectivity index (χ0v) is 15.6. The zero-order valence-electron chi connectivity index (χ0n) is 15.6. The van der Waals surface area contributed by atoms with Gasteiger partial charge >= 0.3 is 6.09 Å². The van der Waals surface area contributed by atoms with Crippen LogP contribution in [0.25, 0.3) is 0 Å². The number of rotatable bonds is 4. The van der Waals surface area contributed by atoms with Crippen molar-refractivity contribution in [1.29, 1.82) is 5.26 Å². The summed E-state index contributed by atoms with van der Waals surface area (Å²) in [5, 5.41) is 11.8. The van der Waals surface area contributed by atoms with Crippen molar-refractivity contribution in [2.45, 2.75) is 26.4 Å². The Kier molecular flexibility index (Phi) is 6.58. The second-order valence-corrected chi connectivity index (χ2v) is 7.26. The highest BCUT2D eigenvalue weighted by molar-refractivity contribution is 5.94. The lowest BCUT2D eigenvalue weighted by Crippen LogP contribution is -2.51. The second kappa shape index (κ2) is 8.68. The predicted molar refractivity (Wildman–Crippen MR) is 97.7 cm³/mol. The van der Waals surface area contributed by atoms with Crippen molar-refractivity contribution >= 4 is 12.0 Å². The molecule has 0 spiro atoms. The molecule has 140 valence electrons. The fourth-order valence-corrected chi connectivity index (χ4v) is 2.64. The summed E-state index contributed by atoms with van der Waals surface area (Å²) in [4.78, 5) is 28.1. The van der Waals surface area contributed by atoms with Gasteiger partial charge in [0, 0.05) is 44.8 Å². The van der Waals surface area contributed by atoms with Gasteiger partial charge in [-0.15, -0.1) is 0 Å². The Balaban J connectivity index is 1.71. The summed E-state index contributed by atoms with van der Waals surface area (Å²) >= 11 is 0. The lowest BCUT2D eigenvalue weighted by atomic mass is 10.1. The minimum absolute atomic E-state index is 0.186. The van der Waals surface area contributed by atoms with E-state index >= 15 is 0 Å². The Bertz CT molecular complexity index is 683. The van der Waals surface area contributed by atoms with Crippen LogP contribution in [0, 0.1) is 11.3 Å². The van der Waals surface area contributed by atoms with Crippen LogP contribution < -0.4 is 5.32 Å². The van der Waals surface area contributed by atoms with Crippen LogP contribution in [0.15, 0.2) is 24.3 Å². The number of amides is 2. The van der Waals surface area contributed by atoms with Gasteiger partial charge in [0.15, 0.2) is 0 Å². The summed E-state index contributed by atoms with van der Waals surface area (Å²) in [6.07, 6.45) is -0.275. The van der Waals surface area contributed by atoms with E-state index in [1.165, 1.54) is 0 Å². The molecule has 0 unspecified atom stereocenters. The third kappa shape index (κ3) is 6.05. The normalized spacial score (nSPS) is 15.2. The van der Waals surface area contributed by atoms with E-state index in [4.69, 9.17) is 10.00 Å². The van der Waals surface area contributed by atoms with E-state index in [-0.39, 0.29) is 12.0 Å². The van der Waals surface area contributed by atoms with Crippen LogP contribution in [0.1, 0.15) is 36.7 Å². The molecule has 0 atom stereocenters. The maximum absolute atomic E-state index is 12.1. The van der Waals surface area contributed by atoms with Gasteiger partial charge in [-0.1, -0.05) is 6.07 Å². The van der Waals surface area contributed by atoms with E-state index in [1.54, 1.807) is 29.2 Å². The average molecular weight is 358 g/mol. The van der Waals surface area contributed by atoms with Crippen LogP contribution in [0.4, 0.5) is 4.79 Å². The van der Waals surface area contributed by atoms with E-state index in [0.717, 1.165) is 13.1 Å². The SMILES string of the molecule is CC(C)(C)OC(=O)N1CCN(CCNC(=O)c2cccc(C#N)c2)CC1. The van der Waals surface area contributed by atoms with E-state index in [1.807, 2.05) is 26.8 Å². The highest BCUT2D eigenvalue weighted by Gasteiger charge is 2.25. The molecule has 0 bridgehead atoms. The van der Waals surface area contributed by atoms with E-state index in [0.29, 0.717) is 37.3 Å². The van der Waals surface area contributed by atoms with Crippen LogP contribution in [0.2, 0.25) is 0 Å². The van der Waals surface area contributed by atoms with Crippen molar-refractivity contribution in [3.05, 3.63) is 35.4 Å². The monoisotopic (exact) mass is 358 g/mol. The lowest BCUT2D eigenvalue weighted by molar-refractivity contribution is 0.0147. The van der Waals surface area contributed by atoms with E-state index < -0.39 is 5.60 Å². The molecule has 1 aliphatic rings. The Morgan fingerprint density at radius 2 is 1.92 bits per heavy atom. The predicted octanol–water partition coefficient (Wildman–Crippen LogP) is 1.84. The molecule has 0 aliphatic carbocycles. The maximum atomic E-state index is 12.1. The van der Waals surface area contributed by atoms with Gasteiger partial charge < -0.3 is 15.0 Å². The number of piperazine rings is 1. The number of hydrogen-bond donors (Lipinski definition) is 1. The Hall–Kier alpha value is -2.59. The number of hydrogen-bond acceptors (Lipinski definition) is 5. The first-order valence-corrected chi connectivity index (χ1v) is 8.77. The second-order valence-electron chi connectivity index (χ2n) is 7.26. The molecule has 1 aliphatic heterocycles. The molecule has 0 radical (unpaired) electrons. The molecule has 1 N–H and O–H groups in total. The van der Waals surface area contributed by atoms with Gasteiger partial charge in [0.25, 0.3) is 5.91 Å². The highest BCUT2D eigenvalue weighted by atomic mass is 16.6. The Labute approximate surface area is 154 Å². The molecule has 2 rings (SSSR count). The summed E-state index contributed by atoms with van der Waals surface area (Å²) in [6, 6.07) is 8.66. The number of ether oxygens (including phenoxy) is 1. The first kappa shape index (κ1) is 19.7. The number of carbonyl (C=O) groups is 2. The molecule has 26 heavy (non-hydrogen) atoms. The number of nitriles is 1. The Morgan fingerprint density at radius 1 is 1.23 bits per heavy atom. The van der Waals surface area contributed by atoms with Gasteiger partial charge in [0.05, 0.1) is 11.6 Å². The molecule has 1 heterocycles. The van der Waals surface area contributed by atoms with Crippen LogP contribution in [0.5, 0.6) is 0 Å². The third-order valence-electron chi connectivity index (χ3n) is 3.99. The summed E-state index contributed by atoms with van der Waals surface area (Å²) in [5.41, 5.74) is 0.469. The van der Waals surface area contributed by atoms with Crippen LogP contribution in [0.3, 0.4) is 0 Å². The summed E-state index contributed by atoms with van der Waals surface area (Å²) in [6.45, 7) is 9.54. The van der Waals surface area contributed by atoms with Gasteiger partial charge in [-0.2, -0.15) is 5.26 Å². The summed E-state index contributed by atoms with van der Waals surface area (Å²) < 4.78 is 5.38. The molecular formula is C19H26N4O3. The minimum atomic E-state index is -0.485. The summed E-state index contributed by atoms with van der Waals surface area (Å²) in [5.74, 6) is -0.186. The molecule has 1 aromatic rings. The molecule has 0 saturated carbocycles. The lowest BCUT2D eigenvalue weighted by Gasteiger charge is -2.35. The molecule has 0 aromatic heterocycles. The van der Waals surface area contributed by atoms with Crippen LogP contribution >= 0.6 is 0 Å². The third-order valence-corrected chi connectivity index (χ3v) is 3.99. The van der Waals surface area contributed by atoms with E-state index in [2.05, 4.69) is 10.2 Å². The van der Waals surface area contributed by atoms with Crippen LogP contribution in [-0.4, -0.2) is 66.7 Å². The van der Waals surface area contributed by atoms with Gasteiger partial charge in [-0.3, -0.25) is 9.69 Å². The van der Waals surface area contributed by atoms with Gasteiger partial charge in [-0.05, 0) is 39.0 Å². The zero-order chi connectivity index (χ0) is 19.2. The standard InChI is InChI=1S/C19H26N4O3/c1-19(2,3)26-18(25)23-11-9-22(10-12-23)8-7-21-17(24)16-6-4-5-15(13-16)14-20/h4-6,13H,7-12H2,1-3H3,(H,21,24). The number of nitrogens with zero attached hydrogens (tertiary/aromatic N) is 3. The minimum Gasteiger partial charge on any atom is -0.444 e. The molecule has 2 amide bonds. The van der Waals surface area contributed by atoms with Gasteiger partial charge in [0.1, 0.15) is 5.60 Å². The fourth-order valence-electron chi connectivity index (χ4n) is 2.64. The van der Waals surface area contributed by atoms with Gasteiger partial charge in [-0.25, -0.2) is 4.79 Å². The van der Waals surface area contributed by atoms with Crippen molar-refractivity contribution in [3.8, 4) is 6.07 Å². The number of benzene rings is 1. The quantitative estimate of drug-likeness (QED) is 0.888. The number of nitrogens with one attached hydrogen (secondary N) is 1. The molecule has 1 saturated heterocycles. The van der Waals surface area contributed by atoms with Crippen molar-refractivity contribution in [2.75, 3.05) is 39.3 Å². The first-order chi connectivity index (χ1) is 12.3. The molecule has 1 aromatic carbocycles. The Morgan fingerprint density at radius 3 is 2.54 bits per heavy atom. The van der Waals surface area contributed by atoms with Gasteiger partial charge in [0.2, 0.25) is 0 Å². The average Bonchev–Trinajstić information content (AvgIpc) is 2.60.